The van der Waals surface area contributed by atoms with Crippen molar-refractivity contribution in [2.24, 2.45) is 11.8 Å². The molecule has 2 aromatic rings. The number of ether oxygens (including phenoxy) is 1. The smallest absolute Gasteiger partial charge is 0.333 e. The Morgan fingerprint density at radius 2 is 1.70 bits per heavy atom. The number of benzene rings is 2. The Morgan fingerprint density at radius 3 is 2.41 bits per heavy atom. The Labute approximate surface area is 157 Å². The van der Waals surface area contributed by atoms with E-state index >= 15 is 0 Å². The molecule has 0 heterocycles. The van der Waals surface area contributed by atoms with Gasteiger partial charge in [0.15, 0.2) is 6.04 Å². The first kappa shape index (κ1) is 18.9. The number of carboxylic acids is 1. The number of esters is 1. The fourth-order valence-corrected chi connectivity index (χ4v) is 3.87. The van der Waals surface area contributed by atoms with E-state index in [-0.39, 0.29) is 0 Å². The summed E-state index contributed by atoms with van der Waals surface area (Å²) >= 11 is 0. The Balaban J connectivity index is 1.92. The Morgan fingerprint density at radius 1 is 1.04 bits per heavy atom. The maximum absolute atomic E-state index is 12.9. The molecule has 3 atom stereocenters. The number of hydrogen-bond donors (Lipinski definition) is 2. The molecular weight excluding hydrogens is 346 g/mol. The number of carbonyl (C=O) groups is 3. The normalized spacial score (nSPS) is 20.6. The highest BCUT2D eigenvalue weighted by Crippen LogP contribution is 2.32. The molecular formula is C21H23NO5. The van der Waals surface area contributed by atoms with Crippen molar-refractivity contribution in [3.05, 3.63) is 48.0 Å². The lowest BCUT2D eigenvalue weighted by atomic mass is 9.78. The Kier molecular flexibility index (Phi) is 5.74. The van der Waals surface area contributed by atoms with Gasteiger partial charge in [-0.3, -0.25) is 9.59 Å². The molecule has 6 heteroatoms. The van der Waals surface area contributed by atoms with Gasteiger partial charge in [0.05, 0.1) is 18.9 Å². The number of carbonyl (C=O) groups excluding carboxylic acids is 2. The van der Waals surface area contributed by atoms with Crippen molar-refractivity contribution in [3.8, 4) is 0 Å². The zero-order valence-electron chi connectivity index (χ0n) is 15.2. The first-order valence-corrected chi connectivity index (χ1v) is 9.11. The van der Waals surface area contributed by atoms with Gasteiger partial charge in [0.2, 0.25) is 5.91 Å². The summed E-state index contributed by atoms with van der Waals surface area (Å²) in [5.74, 6) is -3.31. The summed E-state index contributed by atoms with van der Waals surface area (Å²) in [6, 6.07) is 12.1. The zero-order chi connectivity index (χ0) is 19.4. The summed E-state index contributed by atoms with van der Waals surface area (Å²) in [5, 5.41) is 14.0. The lowest BCUT2D eigenvalue weighted by Gasteiger charge is -2.29. The van der Waals surface area contributed by atoms with Crippen LogP contribution in [-0.2, 0) is 19.1 Å². The van der Waals surface area contributed by atoms with Gasteiger partial charge in [0.25, 0.3) is 0 Å². The van der Waals surface area contributed by atoms with Crippen LogP contribution in [0.1, 0.15) is 37.3 Å². The number of aliphatic carboxylic acids is 1. The zero-order valence-corrected chi connectivity index (χ0v) is 15.2. The van der Waals surface area contributed by atoms with E-state index in [0.29, 0.717) is 18.4 Å². The van der Waals surface area contributed by atoms with Gasteiger partial charge in [-0.25, -0.2) is 4.79 Å². The Bertz CT molecular complexity index is 857. The summed E-state index contributed by atoms with van der Waals surface area (Å²) in [5.41, 5.74) is 0.635. The monoisotopic (exact) mass is 369 g/mol. The minimum absolute atomic E-state index is 0.412. The van der Waals surface area contributed by atoms with Crippen LogP contribution in [-0.4, -0.2) is 30.1 Å². The van der Waals surface area contributed by atoms with Crippen molar-refractivity contribution in [2.75, 3.05) is 7.11 Å². The highest BCUT2D eigenvalue weighted by Gasteiger charge is 2.37. The quantitative estimate of drug-likeness (QED) is 0.790. The van der Waals surface area contributed by atoms with Crippen LogP contribution in [0.4, 0.5) is 0 Å². The van der Waals surface area contributed by atoms with Crippen LogP contribution in [0.25, 0.3) is 10.8 Å². The molecule has 1 amide bonds. The van der Waals surface area contributed by atoms with Crippen LogP contribution in [0.5, 0.6) is 0 Å². The van der Waals surface area contributed by atoms with Crippen LogP contribution in [0.2, 0.25) is 0 Å². The van der Waals surface area contributed by atoms with E-state index in [4.69, 9.17) is 4.74 Å². The molecule has 1 fully saturated rings. The van der Waals surface area contributed by atoms with E-state index < -0.39 is 35.7 Å². The van der Waals surface area contributed by atoms with E-state index in [1.165, 1.54) is 7.11 Å². The topological polar surface area (TPSA) is 92.7 Å². The van der Waals surface area contributed by atoms with Gasteiger partial charge in [-0.1, -0.05) is 55.3 Å². The van der Waals surface area contributed by atoms with Gasteiger partial charge in [-0.05, 0) is 29.2 Å². The summed E-state index contributed by atoms with van der Waals surface area (Å²) < 4.78 is 4.91. The van der Waals surface area contributed by atoms with E-state index in [1.807, 2.05) is 36.4 Å². The van der Waals surface area contributed by atoms with Crippen molar-refractivity contribution in [1.29, 1.82) is 0 Å². The molecule has 2 aromatic carbocycles. The Hall–Kier alpha value is -2.89. The third-order valence-electron chi connectivity index (χ3n) is 5.28. The summed E-state index contributed by atoms with van der Waals surface area (Å²) in [6.07, 6.45) is 2.58. The third kappa shape index (κ3) is 3.94. The molecule has 0 radical (unpaired) electrons. The number of carboxylic acid groups (broad SMARTS) is 1. The average molecular weight is 369 g/mol. The number of rotatable bonds is 5. The van der Waals surface area contributed by atoms with Crippen LogP contribution in [0, 0.1) is 11.8 Å². The third-order valence-corrected chi connectivity index (χ3v) is 5.28. The van der Waals surface area contributed by atoms with Gasteiger partial charge in [0, 0.05) is 0 Å². The molecule has 1 aliphatic rings. The van der Waals surface area contributed by atoms with Gasteiger partial charge in [-0.15, -0.1) is 0 Å². The van der Waals surface area contributed by atoms with Crippen LogP contribution in [0.3, 0.4) is 0 Å². The van der Waals surface area contributed by atoms with Crippen LogP contribution in [0.15, 0.2) is 42.5 Å². The molecule has 2 N–H and O–H groups in total. The average Bonchev–Trinajstić information content (AvgIpc) is 2.71. The highest BCUT2D eigenvalue weighted by atomic mass is 16.5. The van der Waals surface area contributed by atoms with Crippen molar-refractivity contribution >= 4 is 28.6 Å². The molecule has 27 heavy (non-hydrogen) atoms. The van der Waals surface area contributed by atoms with Gasteiger partial charge in [0.1, 0.15) is 0 Å². The molecule has 0 bridgehead atoms. The van der Waals surface area contributed by atoms with Crippen molar-refractivity contribution < 1.29 is 24.2 Å². The first-order valence-electron chi connectivity index (χ1n) is 9.11. The molecule has 0 aliphatic heterocycles. The molecule has 0 spiro atoms. The second-order valence-corrected chi connectivity index (χ2v) is 6.87. The summed E-state index contributed by atoms with van der Waals surface area (Å²) in [6.45, 7) is 0. The largest absolute Gasteiger partial charge is 0.481 e. The standard InChI is InChI=1S/C21H23NO5/c1-27-21(26)18(15-12-6-8-13-7-2-3-9-14(13)15)22-19(23)16-10-4-5-11-17(16)20(24)25/h2-3,6-9,12,16-18H,4-5,10-11H2,1H3,(H,22,23)(H,24,25). The second-order valence-electron chi connectivity index (χ2n) is 6.87. The van der Waals surface area contributed by atoms with E-state index in [9.17, 15) is 19.5 Å². The molecule has 0 saturated heterocycles. The maximum atomic E-state index is 12.9. The number of hydrogen-bond acceptors (Lipinski definition) is 4. The van der Waals surface area contributed by atoms with Gasteiger partial charge in [-0.2, -0.15) is 0 Å². The minimum Gasteiger partial charge on any atom is -0.481 e. The van der Waals surface area contributed by atoms with Crippen molar-refractivity contribution in [2.45, 2.75) is 31.7 Å². The first-order chi connectivity index (χ1) is 13.0. The predicted molar refractivity (Wildman–Crippen MR) is 99.9 cm³/mol. The van der Waals surface area contributed by atoms with E-state index in [1.54, 1.807) is 6.07 Å². The maximum Gasteiger partial charge on any atom is 0.333 e. The lowest BCUT2D eigenvalue weighted by Crippen LogP contribution is -2.43. The number of methoxy groups -OCH3 is 1. The second kappa shape index (κ2) is 8.20. The van der Waals surface area contributed by atoms with Gasteiger partial charge >= 0.3 is 11.9 Å². The molecule has 142 valence electrons. The van der Waals surface area contributed by atoms with Crippen molar-refractivity contribution in [1.82, 2.24) is 5.32 Å². The molecule has 1 aliphatic carbocycles. The van der Waals surface area contributed by atoms with Crippen LogP contribution < -0.4 is 5.32 Å². The fraction of sp³-hybridized carbons (Fsp3) is 0.381. The SMILES string of the molecule is COC(=O)C(NC(=O)C1CCCCC1C(=O)O)c1cccc2ccccc12. The molecule has 0 aromatic heterocycles. The summed E-state index contributed by atoms with van der Waals surface area (Å²) in [4.78, 5) is 36.8. The van der Waals surface area contributed by atoms with Crippen molar-refractivity contribution in [3.63, 3.8) is 0 Å². The number of amides is 1. The van der Waals surface area contributed by atoms with Crippen LogP contribution >= 0.6 is 0 Å². The number of fused-ring (bicyclic) bond motifs is 1. The lowest BCUT2D eigenvalue weighted by molar-refractivity contribution is -0.150. The van der Waals surface area contributed by atoms with Gasteiger partial charge < -0.3 is 15.2 Å². The summed E-state index contributed by atoms with van der Waals surface area (Å²) in [7, 11) is 1.27. The number of nitrogens with one attached hydrogen (secondary N) is 1. The van der Waals surface area contributed by atoms with E-state index in [2.05, 4.69) is 5.32 Å². The molecule has 6 nitrogen and oxygen atoms in total. The predicted octanol–water partition coefficient (Wildman–Crippen LogP) is 3.06. The molecule has 1 saturated carbocycles. The fourth-order valence-electron chi connectivity index (χ4n) is 3.87. The minimum atomic E-state index is -0.982. The highest BCUT2D eigenvalue weighted by molar-refractivity contribution is 5.94. The molecule has 3 rings (SSSR count). The molecule has 3 unspecified atom stereocenters. The van der Waals surface area contributed by atoms with E-state index in [0.717, 1.165) is 23.6 Å².